The monoisotopic (exact) mass is 1330 g/mol. The molecule has 0 unspecified atom stereocenters. The average Bonchev–Trinajstić information content (AvgIpc) is 0.982. The number of nitrogens with zero attached hydrogens (tertiary/aromatic N) is 6. The van der Waals surface area contributed by atoms with Crippen molar-refractivity contribution in [3.63, 3.8) is 0 Å². The molecule has 11 rings (SSSR count). The Morgan fingerprint density at radius 1 is 0.489 bits per heavy atom. The van der Waals surface area contributed by atoms with Crippen LogP contribution < -0.4 is 42.4 Å². The summed E-state index contributed by atoms with van der Waals surface area (Å²) in [5, 5.41) is 35.8. The Labute approximate surface area is 558 Å². The highest BCUT2D eigenvalue weighted by Crippen LogP contribution is 2.27. The molecular formula is C70H68Cl3F2N15O4. The minimum absolute atomic E-state index is 0.174. The molecule has 94 heavy (non-hydrogen) atoms. The normalized spacial score (nSPS) is 12.5. The number of anilines is 6. The summed E-state index contributed by atoms with van der Waals surface area (Å²) in [6.45, 7) is 5.15. The summed E-state index contributed by atoms with van der Waals surface area (Å²) in [5.74, 6) is 0.944. The number of halogens is 5. The van der Waals surface area contributed by atoms with Gasteiger partial charge >= 0.3 is 0 Å². The quantitative estimate of drug-likeness (QED) is 0.0270. The van der Waals surface area contributed by atoms with Crippen LogP contribution in [-0.2, 0) is 19.6 Å². The minimum Gasteiger partial charge on any atom is -0.497 e. The lowest BCUT2D eigenvalue weighted by Gasteiger charge is -2.33. The van der Waals surface area contributed by atoms with Crippen molar-refractivity contribution in [2.45, 2.75) is 45.3 Å². The fourth-order valence-electron chi connectivity index (χ4n) is 9.71. The van der Waals surface area contributed by atoms with Crippen LogP contribution in [0, 0.1) is 22.5 Å². The molecular weight excluding hydrogens is 1260 g/mol. The third kappa shape index (κ3) is 19.3. The molecule has 0 saturated carbocycles. The van der Waals surface area contributed by atoms with E-state index < -0.39 is 23.4 Å². The number of aromatic nitrogens is 3. The molecule has 482 valence electrons. The van der Waals surface area contributed by atoms with E-state index in [1.165, 1.54) is 55.3 Å². The van der Waals surface area contributed by atoms with Crippen molar-refractivity contribution < 1.29 is 27.9 Å². The number of hydrogen-bond acceptors (Lipinski definition) is 13. The molecule has 2 aliphatic heterocycles. The van der Waals surface area contributed by atoms with E-state index in [1.54, 1.807) is 74.8 Å². The summed E-state index contributed by atoms with van der Waals surface area (Å²) < 4.78 is 33.0. The Kier molecular flexibility index (Phi) is 24.0. The smallest absolute Gasteiger partial charge is 0.259 e. The average molecular weight is 1330 g/mol. The maximum atomic E-state index is 13.9. The number of benzene rings is 6. The third-order valence-corrected chi connectivity index (χ3v) is 15.7. The molecule has 0 bridgehead atoms. The molecule has 10 N–H and O–H groups in total. The summed E-state index contributed by atoms with van der Waals surface area (Å²) in [6.07, 6.45) is 8.95. The molecule has 2 aliphatic rings. The standard InChI is InChI=1S/C25H25ClFN5O.C23H21ClFN5O.C22H22ClN5O2/c26-19-8-11-23(30-16-19)31-25(33)21-14-20(27)9-10-22(21)29-15-17-4-6-18(7-5-17)24(28)32-12-2-1-3-13-32;24-17-6-9-21(28-14-17)29-23(31)19-12-18(25)7-8-20(19)27-13-15-2-4-16(5-3-15)22(26)30-10-1-11-30;1-25-21(24)15-5-3-14(4-6-15)12-26-19-9-8-17(30-2)11-18(19)22(29)28-20-10-7-16(23)13-27-20/h4-11,14,16,28-29H,1-3,12-13,15H2,(H,30,31,33);2-9,12,14,26-27H,1,10-11,13H2,(H,28,29,31);3-11,13,26H,12H2,1-2H3,(H2,24,25)(H,27,28,29). The second kappa shape index (κ2) is 33.2. The van der Waals surface area contributed by atoms with Crippen LogP contribution in [0.5, 0.6) is 5.75 Å². The molecule has 0 aliphatic carbocycles. The van der Waals surface area contributed by atoms with E-state index in [1.807, 2.05) is 77.7 Å². The number of methoxy groups -OCH3 is 1. The highest BCUT2D eigenvalue weighted by atomic mass is 35.5. The van der Waals surface area contributed by atoms with Gasteiger partial charge in [0.25, 0.3) is 17.7 Å². The molecule has 5 heterocycles. The van der Waals surface area contributed by atoms with Crippen molar-refractivity contribution in [1.82, 2.24) is 24.8 Å². The van der Waals surface area contributed by atoms with E-state index in [4.69, 9.17) is 56.1 Å². The van der Waals surface area contributed by atoms with Gasteiger partial charge < -0.3 is 52.2 Å². The molecule has 6 aromatic carbocycles. The summed E-state index contributed by atoms with van der Waals surface area (Å²) in [4.78, 5) is 58.6. The molecule has 0 spiro atoms. The van der Waals surface area contributed by atoms with Crippen LogP contribution in [0.1, 0.15) is 90.1 Å². The second-order valence-electron chi connectivity index (χ2n) is 21.6. The number of amidine groups is 3. The number of carbonyl (C=O) groups is 3. The molecule has 3 amide bonds. The lowest BCUT2D eigenvalue weighted by Crippen LogP contribution is -2.42. The van der Waals surface area contributed by atoms with Gasteiger partial charge in [-0.2, -0.15) is 0 Å². The fraction of sp³-hybridized carbons (Fsp3) is 0.186. The minimum atomic E-state index is -0.506. The highest BCUT2D eigenvalue weighted by molar-refractivity contribution is 6.31. The number of carbonyl (C=O) groups excluding carboxylic acids is 3. The molecule has 24 heteroatoms. The van der Waals surface area contributed by atoms with Crippen LogP contribution in [0.25, 0.3) is 0 Å². The first-order valence-corrected chi connectivity index (χ1v) is 31.1. The van der Waals surface area contributed by atoms with Crippen LogP contribution in [0.15, 0.2) is 187 Å². The Morgan fingerprint density at radius 3 is 1.17 bits per heavy atom. The van der Waals surface area contributed by atoms with E-state index in [0.717, 1.165) is 78.8 Å². The summed E-state index contributed by atoms with van der Waals surface area (Å²) in [5.41, 5.74) is 13.9. The third-order valence-electron chi connectivity index (χ3n) is 15.1. The van der Waals surface area contributed by atoms with Crippen LogP contribution in [-0.4, -0.2) is 100 Å². The SMILES string of the molecule is CN=C(N)c1ccc(CNc2ccc(OC)cc2C(=O)Nc2ccc(Cl)cn2)cc1.N=C(c1ccc(CNc2ccc(F)cc2C(=O)Nc2ccc(Cl)cn2)cc1)N1CCC1.N=C(c1ccc(CNc2ccc(F)cc2C(=O)Nc2ccc(Cl)cn2)cc1)N1CCCCC1. The summed E-state index contributed by atoms with van der Waals surface area (Å²) in [6, 6.07) is 46.3. The predicted octanol–water partition coefficient (Wildman–Crippen LogP) is 14.3. The zero-order chi connectivity index (χ0) is 66.5. The van der Waals surface area contributed by atoms with Gasteiger partial charge in [-0.15, -0.1) is 0 Å². The van der Waals surface area contributed by atoms with Gasteiger partial charge in [0.2, 0.25) is 0 Å². The number of pyridine rings is 3. The molecule has 9 aromatic rings. The van der Waals surface area contributed by atoms with Crippen molar-refractivity contribution in [2.75, 3.05) is 72.2 Å². The first-order chi connectivity index (χ1) is 45.5. The maximum absolute atomic E-state index is 13.9. The topological polar surface area (TPSA) is 264 Å². The van der Waals surface area contributed by atoms with Crippen LogP contribution in [0.4, 0.5) is 43.3 Å². The van der Waals surface area contributed by atoms with Gasteiger partial charge in [0, 0.05) is 105 Å². The van der Waals surface area contributed by atoms with Crippen molar-refractivity contribution >= 4 is 105 Å². The number of rotatable bonds is 19. The van der Waals surface area contributed by atoms with Gasteiger partial charge in [-0.3, -0.25) is 30.2 Å². The first-order valence-electron chi connectivity index (χ1n) is 29.9. The number of ether oxygens (including phenoxy) is 1. The van der Waals surface area contributed by atoms with E-state index in [2.05, 4.69) is 56.7 Å². The van der Waals surface area contributed by atoms with E-state index in [9.17, 15) is 23.2 Å². The predicted molar refractivity (Wildman–Crippen MR) is 371 cm³/mol. The number of nitrogens with one attached hydrogen (secondary N) is 8. The van der Waals surface area contributed by atoms with Crippen LogP contribution >= 0.6 is 34.8 Å². The van der Waals surface area contributed by atoms with Crippen molar-refractivity contribution in [3.05, 3.63) is 259 Å². The number of likely N-dealkylation sites (tertiary alicyclic amines) is 2. The van der Waals surface area contributed by atoms with Gasteiger partial charge in [-0.1, -0.05) is 108 Å². The molecule has 0 atom stereocenters. The second-order valence-corrected chi connectivity index (χ2v) is 22.9. The van der Waals surface area contributed by atoms with Gasteiger partial charge in [0.15, 0.2) is 0 Å². The van der Waals surface area contributed by atoms with Gasteiger partial charge in [-0.25, -0.2) is 23.7 Å². The van der Waals surface area contributed by atoms with Gasteiger partial charge in [0.05, 0.1) is 38.9 Å². The summed E-state index contributed by atoms with van der Waals surface area (Å²) in [7, 11) is 3.21. The van der Waals surface area contributed by atoms with E-state index >= 15 is 0 Å². The number of piperidine rings is 1. The number of amides is 3. The van der Waals surface area contributed by atoms with Gasteiger partial charge in [-0.05, 0) is 133 Å². The maximum Gasteiger partial charge on any atom is 0.259 e. The lowest BCUT2D eigenvalue weighted by molar-refractivity contribution is 0.101. The molecule has 3 aromatic heterocycles. The summed E-state index contributed by atoms with van der Waals surface area (Å²) >= 11 is 17.5. The molecule has 2 saturated heterocycles. The van der Waals surface area contributed by atoms with E-state index in [0.29, 0.717) is 98.0 Å². The van der Waals surface area contributed by atoms with Crippen molar-refractivity contribution in [3.8, 4) is 5.75 Å². The Hall–Kier alpha value is -10.5. The Bertz CT molecular complexity index is 4120. The highest BCUT2D eigenvalue weighted by Gasteiger charge is 2.21. The number of aliphatic imine (C=N–C) groups is 1. The zero-order valence-electron chi connectivity index (χ0n) is 51.4. The first kappa shape index (κ1) is 67.9. The molecule has 2 fully saturated rings. The Balaban J connectivity index is 0.000000166. The number of nitrogens with two attached hydrogens (primary N) is 1. The lowest BCUT2D eigenvalue weighted by atomic mass is 10.1. The number of hydrogen-bond donors (Lipinski definition) is 9. The van der Waals surface area contributed by atoms with Crippen molar-refractivity contribution in [2.24, 2.45) is 10.7 Å². The Morgan fingerprint density at radius 2 is 0.840 bits per heavy atom. The zero-order valence-corrected chi connectivity index (χ0v) is 53.6. The van der Waals surface area contributed by atoms with Crippen LogP contribution in [0.2, 0.25) is 15.1 Å². The molecule has 19 nitrogen and oxygen atoms in total. The van der Waals surface area contributed by atoms with Gasteiger partial charge in [0.1, 0.15) is 52.3 Å². The van der Waals surface area contributed by atoms with Crippen LogP contribution in [0.3, 0.4) is 0 Å². The van der Waals surface area contributed by atoms with E-state index in [-0.39, 0.29) is 17.0 Å². The fourth-order valence-corrected chi connectivity index (χ4v) is 10.0. The largest absolute Gasteiger partial charge is 0.497 e. The molecule has 0 radical (unpaired) electrons. The van der Waals surface area contributed by atoms with Crippen molar-refractivity contribution in [1.29, 1.82) is 10.8 Å².